The number of H-pyrrole nitrogens is 1. The van der Waals surface area contributed by atoms with Crippen molar-refractivity contribution in [1.82, 2.24) is 20.5 Å². The van der Waals surface area contributed by atoms with E-state index < -0.39 is 0 Å². The van der Waals surface area contributed by atoms with Gasteiger partial charge in [0, 0.05) is 0 Å². The van der Waals surface area contributed by atoms with Gasteiger partial charge >= 0.3 is 6.01 Å². The van der Waals surface area contributed by atoms with E-state index in [1.165, 1.54) is 6.33 Å². The second kappa shape index (κ2) is 3.53. The maximum absolute atomic E-state index is 5.53. The van der Waals surface area contributed by atoms with Crippen molar-refractivity contribution in [3.63, 3.8) is 0 Å². The molecule has 1 fully saturated rings. The molecule has 12 heavy (non-hydrogen) atoms. The van der Waals surface area contributed by atoms with Gasteiger partial charge in [0.15, 0.2) is 0 Å². The maximum Gasteiger partial charge on any atom is 0.312 e. The Morgan fingerprint density at radius 2 is 2.25 bits per heavy atom. The molecular formula is C7H12N4O. The monoisotopic (exact) mass is 168 g/mol. The lowest BCUT2D eigenvalue weighted by Crippen LogP contribution is -2.34. The zero-order chi connectivity index (χ0) is 8.23. The van der Waals surface area contributed by atoms with E-state index in [-0.39, 0.29) is 0 Å². The van der Waals surface area contributed by atoms with Crippen LogP contribution in [0.1, 0.15) is 12.8 Å². The number of nitrogens with one attached hydrogen (secondary N) is 2. The minimum absolute atomic E-state index is 0.291. The molecule has 2 rings (SSSR count). The van der Waals surface area contributed by atoms with Crippen LogP contribution in [0, 0.1) is 0 Å². The first kappa shape index (κ1) is 7.54. The Labute approximate surface area is 70.5 Å². The Kier molecular flexibility index (Phi) is 2.22. The van der Waals surface area contributed by atoms with E-state index in [9.17, 15) is 0 Å². The summed E-state index contributed by atoms with van der Waals surface area (Å²) in [5.41, 5.74) is 0. The molecule has 0 atom stereocenters. The molecular weight excluding hydrogens is 156 g/mol. The topological polar surface area (TPSA) is 62.8 Å². The molecule has 0 saturated carbocycles. The Morgan fingerprint density at radius 3 is 2.92 bits per heavy atom. The standard InChI is InChI=1S/C7H12N4O/c1-3-8-4-2-6(1)12-7-9-5-10-11-7/h5-6,8H,1-4H2,(H,9,10,11). The summed E-state index contributed by atoms with van der Waals surface area (Å²) < 4.78 is 5.53. The third-order valence-electron chi connectivity index (χ3n) is 1.96. The molecule has 2 heterocycles. The summed E-state index contributed by atoms with van der Waals surface area (Å²) in [6, 6.07) is 0.530. The van der Waals surface area contributed by atoms with Crippen LogP contribution in [0.25, 0.3) is 0 Å². The second-order valence-electron chi connectivity index (χ2n) is 2.86. The summed E-state index contributed by atoms with van der Waals surface area (Å²) in [7, 11) is 0. The van der Waals surface area contributed by atoms with Crippen LogP contribution in [-0.4, -0.2) is 34.4 Å². The summed E-state index contributed by atoms with van der Waals surface area (Å²) in [4.78, 5) is 3.90. The summed E-state index contributed by atoms with van der Waals surface area (Å²) in [6.45, 7) is 2.05. The fourth-order valence-corrected chi connectivity index (χ4v) is 1.32. The van der Waals surface area contributed by atoms with Gasteiger partial charge in [-0.1, -0.05) is 0 Å². The van der Waals surface area contributed by atoms with Crippen molar-refractivity contribution in [2.45, 2.75) is 18.9 Å². The summed E-state index contributed by atoms with van der Waals surface area (Å²) in [5, 5.41) is 9.66. The predicted molar refractivity (Wildman–Crippen MR) is 42.9 cm³/mol. The number of ether oxygens (including phenoxy) is 1. The van der Waals surface area contributed by atoms with Crippen LogP contribution in [0.2, 0.25) is 0 Å². The normalized spacial score (nSPS) is 19.3. The first-order valence-electron chi connectivity index (χ1n) is 4.18. The molecule has 1 aromatic rings. The van der Waals surface area contributed by atoms with Crippen molar-refractivity contribution in [2.75, 3.05) is 13.1 Å². The van der Waals surface area contributed by atoms with E-state index in [1.807, 2.05) is 0 Å². The fourth-order valence-electron chi connectivity index (χ4n) is 1.32. The average molecular weight is 168 g/mol. The van der Waals surface area contributed by atoms with Gasteiger partial charge in [-0.3, -0.25) is 0 Å². The first-order chi connectivity index (χ1) is 5.95. The van der Waals surface area contributed by atoms with Gasteiger partial charge < -0.3 is 10.1 Å². The van der Waals surface area contributed by atoms with Gasteiger partial charge in [0.2, 0.25) is 0 Å². The Balaban J connectivity index is 1.86. The van der Waals surface area contributed by atoms with Crippen molar-refractivity contribution >= 4 is 0 Å². The van der Waals surface area contributed by atoms with Crippen molar-refractivity contribution in [3.8, 4) is 6.01 Å². The van der Waals surface area contributed by atoms with E-state index in [0.29, 0.717) is 12.1 Å². The van der Waals surface area contributed by atoms with E-state index in [4.69, 9.17) is 4.74 Å². The number of aromatic amines is 1. The molecule has 1 aromatic heterocycles. The molecule has 0 spiro atoms. The van der Waals surface area contributed by atoms with Gasteiger partial charge in [-0.25, -0.2) is 5.10 Å². The van der Waals surface area contributed by atoms with Gasteiger partial charge in [-0.2, -0.15) is 10.1 Å². The molecule has 0 amide bonds. The van der Waals surface area contributed by atoms with Crippen LogP contribution in [0.5, 0.6) is 6.01 Å². The van der Waals surface area contributed by atoms with Crippen molar-refractivity contribution in [3.05, 3.63) is 6.33 Å². The molecule has 1 saturated heterocycles. The van der Waals surface area contributed by atoms with Crippen molar-refractivity contribution in [1.29, 1.82) is 0 Å². The highest BCUT2D eigenvalue weighted by Crippen LogP contribution is 2.09. The smallest absolute Gasteiger partial charge is 0.312 e. The van der Waals surface area contributed by atoms with E-state index in [1.54, 1.807) is 0 Å². The third kappa shape index (κ3) is 1.73. The van der Waals surface area contributed by atoms with Crippen LogP contribution in [0.15, 0.2) is 6.33 Å². The summed E-state index contributed by atoms with van der Waals surface area (Å²) >= 11 is 0. The Bertz CT molecular complexity index is 217. The number of piperidine rings is 1. The molecule has 0 aromatic carbocycles. The average Bonchev–Trinajstić information content (AvgIpc) is 2.59. The van der Waals surface area contributed by atoms with Gasteiger partial charge in [0.1, 0.15) is 12.4 Å². The molecule has 0 radical (unpaired) electrons. The molecule has 0 aliphatic carbocycles. The maximum atomic E-state index is 5.53. The summed E-state index contributed by atoms with van der Waals surface area (Å²) in [5.74, 6) is 0. The fraction of sp³-hybridized carbons (Fsp3) is 0.714. The van der Waals surface area contributed by atoms with Crippen molar-refractivity contribution < 1.29 is 4.74 Å². The SMILES string of the molecule is c1n[nH]c(OC2CCNCC2)n1. The lowest BCUT2D eigenvalue weighted by molar-refractivity contribution is 0.149. The highest BCUT2D eigenvalue weighted by atomic mass is 16.5. The molecule has 1 aliphatic rings. The number of rotatable bonds is 2. The quantitative estimate of drug-likeness (QED) is 0.649. The molecule has 2 N–H and O–H groups in total. The van der Waals surface area contributed by atoms with Gasteiger partial charge in [0.05, 0.1) is 0 Å². The largest absolute Gasteiger partial charge is 0.460 e. The van der Waals surface area contributed by atoms with E-state index in [0.717, 1.165) is 25.9 Å². The number of hydrogen-bond donors (Lipinski definition) is 2. The zero-order valence-corrected chi connectivity index (χ0v) is 6.79. The van der Waals surface area contributed by atoms with Gasteiger partial charge in [-0.15, -0.1) is 0 Å². The number of nitrogens with zero attached hydrogens (tertiary/aromatic N) is 2. The first-order valence-corrected chi connectivity index (χ1v) is 4.18. The summed E-state index contributed by atoms with van der Waals surface area (Å²) in [6.07, 6.45) is 3.83. The Hall–Kier alpha value is -1.10. The highest BCUT2D eigenvalue weighted by molar-refractivity contribution is 4.88. The molecule has 5 heteroatoms. The molecule has 1 aliphatic heterocycles. The zero-order valence-electron chi connectivity index (χ0n) is 6.79. The second-order valence-corrected chi connectivity index (χ2v) is 2.86. The Morgan fingerprint density at radius 1 is 1.42 bits per heavy atom. The molecule has 66 valence electrons. The van der Waals surface area contributed by atoms with Crippen LogP contribution in [0.3, 0.4) is 0 Å². The number of hydrogen-bond acceptors (Lipinski definition) is 4. The van der Waals surface area contributed by atoms with Gasteiger partial charge in [0.25, 0.3) is 0 Å². The lowest BCUT2D eigenvalue weighted by Gasteiger charge is -2.21. The van der Waals surface area contributed by atoms with Crippen LogP contribution >= 0.6 is 0 Å². The number of aromatic nitrogens is 3. The van der Waals surface area contributed by atoms with Gasteiger partial charge in [-0.05, 0) is 25.9 Å². The molecule has 0 unspecified atom stereocenters. The van der Waals surface area contributed by atoms with Crippen molar-refractivity contribution in [2.24, 2.45) is 0 Å². The van der Waals surface area contributed by atoms with E-state index >= 15 is 0 Å². The molecule has 0 bridgehead atoms. The lowest BCUT2D eigenvalue weighted by atomic mass is 10.1. The molecule has 5 nitrogen and oxygen atoms in total. The third-order valence-corrected chi connectivity index (χ3v) is 1.96. The minimum Gasteiger partial charge on any atom is -0.460 e. The van der Waals surface area contributed by atoms with Crippen LogP contribution in [0.4, 0.5) is 0 Å². The van der Waals surface area contributed by atoms with E-state index in [2.05, 4.69) is 20.5 Å². The predicted octanol–water partition coefficient (Wildman–Crippen LogP) is -0.0645. The van der Waals surface area contributed by atoms with Crippen LogP contribution in [-0.2, 0) is 0 Å². The minimum atomic E-state index is 0.291. The highest BCUT2D eigenvalue weighted by Gasteiger charge is 2.14. The van der Waals surface area contributed by atoms with Crippen LogP contribution < -0.4 is 10.1 Å².